The number of aromatic nitrogens is 3. The number of carbonyl (C=O) groups is 1. The van der Waals surface area contributed by atoms with Crippen molar-refractivity contribution in [3.05, 3.63) is 94.2 Å². The third-order valence-corrected chi connectivity index (χ3v) is 4.69. The van der Waals surface area contributed by atoms with E-state index in [2.05, 4.69) is 21.5 Å². The molecule has 0 radical (unpaired) electrons. The van der Waals surface area contributed by atoms with E-state index in [1.807, 2.05) is 50.2 Å². The van der Waals surface area contributed by atoms with Gasteiger partial charge in [-0.05, 0) is 66.9 Å². The van der Waals surface area contributed by atoms with Gasteiger partial charge in [0, 0.05) is 5.02 Å². The molecule has 8 heteroatoms. The average molecular weight is 437 g/mol. The Bertz CT molecular complexity index is 1190. The number of aryl methyl sites for hydroxylation is 2. The van der Waals surface area contributed by atoms with Crippen molar-refractivity contribution in [2.24, 2.45) is 0 Å². The Labute approximate surface area is 184 Å². The molecule has 0 aliphatic carbocycles. The van der Waals surface area contributed by atoms with E-state index in [-0.39, 0.29) is 18.3 Å². The van der Waals surface area contributed by atoms with E-state index < -0.39 is 5.91 Å². The maximum Gasteiger partial charge on any atom is 0.293 e. The van der Waals surface area contributed by atoms with Crippen LogP contribution in [-0.2, 0) is 13.2 Å². The molecule has 4 aromatic rings. The Morgan fingerprint density at radius 2 is 1.94 bits per heavy atom. The van der Waals surface area contributed by atoms with Gasteiger partial charge in [-0.15, -0.1) is 5.10 Å². The molecule has 158 valence electrons. The Hall–Kier alpha value is -3.58. The van der Waals surface area contributed by atoms with Crippen molar-refractivity contribution in [3.8, 4) is 5.75 Å². The number of hydrogen-bond acceptors (Lipinski definition) is 5. The van der Waals surface area contributed by atoms with Crippen LogP contribution >= 0.6 is 11.6 Å². The van der Waals surface area contributed by atoms with Crippen molar-refractivity contribution in [1.82, 2.24) is 14.8 Å². The average Bonchev–Trinajstić information content (AvgIpc) is 3.35. The SMILES string of the molecule is Cc1cc(C)cc(OCc2ccc(C(=O)Nc3ncn(Cc4cccc(Cl)c4)n3)o2)c1. The van der Waals surface area contributed by atoms with Gasteiger partial charge in [0.1, 0.15) is 24.4 Å². The van der Waals surface area contributed by atoms with Gasteiger partial charge in [0.05, 0.1) is 6.54 Å². The summed E-state index contributed by atoms with van der Waals surface area (Å²) in [7, 11) is 0. The van der Waals surface area contributed by atoms with Gasteiger partial charge >= 0.3 is 0 Å². The normalized spacial score (nSPS) is 10.8. The summed E-state index contributed by atoms with van der Waals surface area (Å²) in [5, 5.41) is 7.55. The van der Waals surface area contributed by atoms with Crippen LogP contribution < -0.4 is 10.1 Å². The standard InChI is InChI=1S/C23H21ClN4O3/c1-15-8-16(2)10-20(9-15)30-13-19-6-7-21(31-19)22(29)26-23-25-14-28(27-23)12-17-4-3-5-18(24)11-17/h3-11,14H,12-13H2,1-2H3,(H,26,27,29). The number of furan rings is 1. The topological polar surface area (TPSA) is 82.2 Å². The van der Waals surface area contributed by atoms with Gasteiger partial charge in [-0.25, -0.2) is 9.67 Å². The highest BCUT2D eigenvalue weighted by molar-refractivity contribution is 6.30. The summed E-state index contributed by atoms with van der Waals surface area (Å²) in [6.07, 6.45) is 1.54. The number of rotatable bonds is 7. The number of hydrogen-bond donors (Lipinski definition) is 1. The number of carbonyl (C=O) groups excluding carboxylic acids is 1. The van der Waals surface area contributed by atoms with Crippen LogP contribution in [0.3, 0.4) is 0 Å². The minimum absolute atomic E-state index is 0.158. The third kappa shape index (κ3) is 5.52. The lowest BCUT2D eigenvalue weighted by molar-refractivity contribution is 0.0991. The maximum absolute atomic E-state index is 12.5. The van der Waals surface area contributed by atoms with Gasteiger partial charge in [0.2, 0.25) is 5.95 Å². The Balaban J connectivity index is 1.34. The Kier molecular flexibility index (Phi) is 6.04. The third-order valence-electron chi connectivity index (χ3n) is 4.46. The first kappa shape index (κ1) is 20.7. The summed E-state index contributed by atoms with van der Waals surface area (Å²) >= 11 is 6.00. The van der Waals surface area contributed by atoms with Gasteiger partial charge in [-0.1, -0.05) is 29.8 Å². The number of ether oxygens (including phenoxy) is 1. The van der Waals surface area contributed by atoms with Crippen molar-refractivity contribution < 1.29 is 13.9 Å². The van der Waals surface area contributed by atoms with E-state index in [0.717, 1.165) is 22.4 Å². The van der Waals surface area contributed by atoms with Gasteiger partial charge < -0.3 is 9.15 Å². The summed E-state index contributed by atoms with van der Waals surface area (Å²) in [5.74, 6) is 1.22. The van der Waals surface area contributed by atoms with Gasteiger partial charge in [0.15, 0.2) is 5.76 Å². The predicted molar refractivity (Wildman–Crippen MR) is 117 cm³/mol. The van der Waals surface area contributed by atoms with Crippen molar-refractivity contribution in [2.75, 3.05) is 5.32 Å². The van der Waals surface area contributed by atoms with E-state index in [4.69, 9.17) is 20.8 Å². The number of benzene rings is 2. The van der Waals surface area contributed by atoms with E-state index in [1.54, 1.807) is 23.1 Å². The number of anilines is 1. The highest BCUT2D eigenvalue weighted by atomic mass is 35.5. The molecule has 2 heterocycles. The number of nitrogens with zero attached hydrogens (tertiary/aromatic N) is 3. The lowest BCUT2D eigenvalue weighted by atomic mass is 10.1. The largest absolute Gasteiger partial charge is 0.486 e. The molecular formula is C23H21ClN4O3. The van der Waals surface area contributed by atoms with Crippen molar-refractivity contribution in [2.45, 2.75) is 27.0 Å². The molecule has 2 aromatic heterocycles. The molecule has 0 saturated carbocycles. The molecule has 0 unspecified atom stereocenters. The summed E-state index contributed by atoms with van der Waals surface area (Å²) in [6, 6.07) is 16.8. The maximum atomic E-state index is 12.5. The first-order valence-electron chi connectivity index (χ1n) is 9.70. The predicted octanol–water partition coefficient (Wildman–Crippen LogP) is 5.02. The molecule has 7 nitrogen and oxygen atoms in total. The molecule has 1 N–H and O–H groups in total. The quantitative estimate of drug-likeness (QED) is 0.439. The molecule has 0 aliphatic heterocycles. The zero-order valence-corrected chi connectivity index (χ0v) is 17.9. The zero-order chi connectivity index (χ0) is 21.8. The van der Waals surface area contributed by atoms with Crippen molar-refractivity contribution >= 4 is 23.5 Å². The highest BCUT2D eigenvalue weighted by Gasteiger charge is 2.14. The van der Waals surface area contributed by atoms with Crippen LogP contribution in [0.2, 0.25) is 5.02 Å². The summed E-state index contributed by atoms with van der Waals surface area (Å²) in [5.41, 5.74) is 3.23. The zero-order valence-electron chi connectivity index (χ0n) is 17.1. The van der Waals surface area contributed by atoms with E-state index in [0.29, 0.717) is 17.3 Å². The second-order valence-electron chi connectivity index (χ2n) is 7.23. The second kappa shape index (κ2) is 9.06. The van der Waals surface area contributed by atoms with E-state index >= 15 is 0 Å². The van der Waals surface area contributed by atoms with Crippen LogP contribution in [0.5, 0.6) is 5.75 Å². The van der Waals surface area contributed by atoms with Crippen LogP contribution in [0.25, 0.3) is 0 Å². The van der Waals surface area contributed by atoms with Gasteiger partial charge in [0.25, 0.3) is 5.91 Å². The lowest BCUT2D eigenvalue weighted by Gasteiger charge is -2.06. The minimum atomic E-state index is -0.432. The molecule has 0 atom stereocenters. The fourth-order valence-corrected chi connectivity index (χ4v) is 3.37. The molecule has 31 heavy (non-hydrogen) atoms. The minimum Gasteiger partial charge on any atom is -0.486 e. The number of amides is 1. The van der Waals surface area contributed by atoms with Crippen molar-refractivity contribution in [1.29, 1.82) is 0 Å². The first-order valence-corrected chi connectivity index (χ1v) is 10.1. The number of nitrogens with one attached hydrogen (secondary N) is 1. The van der Waals surface area contributed by atoms with Crippen molar-refractivity contribution in [3.63, 3.8) is 0 Å². The monoisotopic (exact) mass is 436 g/mol. The molecule has 0 spiro atoms. The molecule has 0 saturated heterocycles. The van der Waals surface area contributed by atoms with Crippen LogP contribution in [0.15, 0.2) is 65.3 Å². The van der Waals surface area contributed by atoms with Crippen LogP contribution in [0.1, 0.15) is 33.0 Å². The fourth-order valence-electron chi connectivity index (χ4n) is 3.16. The Morgan fingerprint density at radius 1 is 1.13 bits per heavy atom. The van der Waals surface area contributed by atoms with Crippen LogP contribution in [0, 0.1) is 13.8 Å². The molecule has 2 aromatic carbocycles. The van der Waals surface area contributed by atoms with Crippen LogP contribution in [0.4, 0.5) is 5.95 Å². The van der Waals surface area contributed by atoms with Gasteiger partial charge in [-0.3, -0.25) is 10.1 Å². The second-order valence-corrected chi connectivity index (χ2v) is 7.66. The van der Waals surface area contributed by atoms with E-state index in [1.165, 1.54) is 0 Å². The first-order chi connectivity index (χ1) is 14.9. The highest BCUT2D eigenvalue weighted by Crippen LogP contribution is 2.19. The summed E-state index contributed by atoms with van der Waals surface area (Å²) in [4.78, 5) is 16.6. The Morgan fingerprint density at radius 3 is 2.71 bits per heavy atom. The molecule has 0 fully saturated rings. The summed E-state index contributed by atoms with van der Waals surface area (Å²) in [6.45, 7) is 4.74. The van der Waals surface area contributed by atoms with Gasteiger partial charge in [-0.2, -0.15) is 0 Å². The summed E-state index contributed by atoms with van der Waals surface area (Å²) < 4.78 is 13.0. The molecule has 0 aliphatic rings. The molecule has 1 amide bonds. The molecule has 4 rings (SSSR count). The lowest BCUT2D eigenvalue weighted by Crippen LogP contribution is -2.12. The molecule has 0 bridgehead atoms. The van der Waals surface area contributed by atoms with E-state index in [9.17, 15) is 4.79 Å². The smallest absolute Gasteiger partial charge is 0.293 e. The number of halogens is 1. The fraction of sp³-hybridized carbons (Fsp3) is 0.174. The van der Waals surface area contributed by atoms with Crippen LogP contribution in [-0.4, -0.2) is 20.7 Å². The molecular weight excluding hydrogens is 416 g/mol.